The Morgan fingerprint density at radius 2 is 1.86 bits per heavy atom. The maximum absolute atomic E-state index is 2.30. The van der Waals surface area contributed by atoms with Crippen LogP contribution in [0.4, 0.5) is 0 Å². The van der Waals surface area contributed by atoms with E-state index in [0.29, 0.717) is 0 Å². The van der Waals surface area contributed by atoms with Gasteiger partial charge < -0.3 is 0 Å². The van der Waals surface area contributed by atoms with Gasteiger partial charge >= 0.3 is 94.7 Å². The van der Waals surface area contributed by atoms with Gasteiger partial charge in [-0.1, -0.05) is 0 Å². The Labute approximate surface area is 94.7 Å². The molecule has 0 radical (unpaired) electrons. The zero-order chi connectivity index (χ0) is 9.97. The van der Waals surface area contributed by atoms with Crippen LogP contribution in [-0.4, -0.2) is 0 Å². The molecule has 0 aliphatic heterocycles. The van der Waals surface area contributed by atoms with Crippen LogP contribution in [0.15, 0.2) is 40.3 Å². The quantitative estimate of drug-likeness (QED) is 0.669. The van der Waals surface area contributed by atoms with Gasteiger partial charge in [-0.15, -0.1) is 0 Å². The van der Waals surface area contributed by atoms with Crippen LogP contribution in [0.1, 0.15) is 17.5 Å². The summed E-state index contributed by atoms with van der Waals surface area (Å²) < 4.78 is 3.28. The van der Waals surface area contributed by atoms with Gasteiger partial charge in [0.1, 0.15) is 0 Å². The van der Waals surface area contributed by atoms with Crippen LogP contribution < -0.4 is 3.87 Å². The van der Waals surface area contributed by atoms with E-state index in [9.17, 15) is 0 Å². The third kappa shape index (κ3) is 2.08. The van der Waals surface area contributed by atoms with E-state index in [1.54, 1.807) is 7.75 Å². The van der Waals surface area contributed by atoms with Gasteiger partial charge in [-0.2, -0.15) is 0 Å². The Morgan fingerprint density at radius 1 is 1.14 bits per heavy atom. The second-order valence-corrected chi connectivity index (χ2v) is 5.89. The molecular formula is C13H14Ti. The van der Waals surface area contributed by atoms with E-state index in [4.69, 9.17) is 0 Å². The van der Waals surface area contributed by atoms with Crippen molar-refractivity contribution in [2.24, 2.45) is 0 Å². The van der Waals surface area contributed by atoms with E-state index < -0.39 is 0 Å². The first kappa shape index (κ1) is 9.95. The summed E-state index contributed by atoms with van der Waals surface area (Å²) in [7, 11) is 0. The first-order chi connectivity index (χ1) is 6.77. The molecule has 0 N–H and O–H groups in total. The Hall–Kier alpha value is -0.586. The predicted octanol–water partition coefficient (Wildman–Crippen LogP) is 2.86. The summed E-state index contributed by atoms with van der Waals surface area (Å²) in [5.41, 5.74) is 2.94. The van der Waals surface area contributed by atoms with Crippen molar-refractivity contribution in [3.63, 3.8) is 0 Å². The minimum atomic E-state index is -0.0631. The van der Waals surface area contributed by atoms with Gasteiger partial charge in [0.15, 0.2) is 0 Å². The van der Waals surface area contributed by atoms with Crippen molar-refractivity contribution >= 4 is 3.87 Å². The molecule has 1 heteroatoms. The second-order valence-electron chi connectivity index (χ2n) is 3.72. The average molecular weight is 218 g/mol. The number of aryl methyl sites for hydroxylation is 2. The van der Waals surface area contributed by atoms with E-state index in [1.165, 1.54) is 17.5 Å². The third-order valence-electron chi connectivity index (χ3n) is 2.54. The molecule has 1 aromatic carbocycles. The number of allylic oxidation sites excluding steroid dienone is 4. The zero-order valence-electron chi connectivity index (χ0n) is 8.67. The van der Waals surface area contributed by atoms with Gasteiger partial charge in [0.05, 0.1) is 0 Å². The SMILES string of the molecule is Cc1cccc(C)[c]1[Ti][C]1=CC=CC1. The molecule has 0 heterocycles. The van der Waals surface area contributed by atoms with Crippen molar-refractivity contribution in [3.05, 3.63) is 51.4 Å². The van der Waals surface area contributed by atoms with Gasteiger partial charge in [-0.3, -0.25) is 0 Å². The summed E-state index contributed by atoms with van der Waals surface area (Å²) >= 11 is -0.0631. The Morgan fingerprint density at radius 3 is 2.43 bits per heavy atom. The van der Waals surface area contributed by atoms with Crippen molar-refractivity contribution < 1.29 is 19.2 Å². The average Bonchev–Trinajstić information content (AvgIpc) is 2.64. The van der Waals surface area contributed by atoms with Crippen LogP contribution in [0.3, 0.4) is 0 Å². The minimum absolute atomic E-state index is 0.0631. The van der Waals surface area contributed by atoms with Crippen LogP contribution in [0, 0.1) is 13.8 Å². The topological polar surface area (TPSA) is 0 Å². The van der Waals surface area contributed by atoms with Crippen LogP contribution in [0.5, 0.6) is 0 Å². The van der Waals surface area contributed by atoms with Crippen LogP contribution in [0.2, 0.25) is 0 Å². The predicted molar refractivity (Wildman–Crippen MR) is 57.4 cm³/mol. The monoisotopic (exact) mass is 218 g/mol. The van der Waals surface area contributed by atoms with E-state index in [2.05, 4.69) is 50.3 Å². The molecular weight excluding hydrogens is 204 g/mol. The molecule has 2 rings (SSSR count). The van der Waals surface area contributed by atoms with E-state index in [0.717, 1.165) is 0 Å². The van der Waals surface area contributed by atoms with Crippen molar-refractivity contribution in [3.8, 4) is 0 Å². The molecule has 0 saturated heterocycles. The maximum atomic E-state index is 2.30. The van der Waals surface area contributed by atoms with Gasteiger partial charge in [-0.05, 0) is 0 Å². The first-order valence-corrected chi connectivity index (χ1v) is 6.52. The van der Waals surface area contributed by atoms with Crippen molar-refractivity contribution in [2.75, 3.05) is 0 Å². The second kappa shape index (κ2) is 4.29. The van der Waals surface area contributed by atoms with E-state index in [-0.39, 0.29) is 19.2 Å². The molecule has 0 nitrogen and oxygen atoms in total. The molecule has 0 unspecified atom stereocenters. The molecule has 0 fully saturated rings. The molecule has 0 amide bonds. The Kier molecular flexibility index (Phi) is 3.05. The summed E-state index contributed by atoms with van der Waals surface area (Å²) in [6, 6.07) is 6.62. The standard InChI is InChI=1S/C8H9.C5H5.Ti/c1-7-4-3-5-8(2)6-7;1-2-4-5-3-1;/h3-5H,1-2H3;1-3H,4H2;. The van der Waals surface area contributed by atoms with Gasteiger partial charge in [0, 0.05) is 0 Å². The van der Waals surface area contributed by atoms with Crippen molar-refractivity contribution in [1.82, 2.24) is 0 Å². The molecule has 14 heavy (non-hydrogen) atoms. The fourth-order valence-corrected chi connectivity index (χ4v) is 3.71. The summed E-state index contributed by atoms with van der Waals surface area (Å²) in [5, 5.41) is 0. The molecule has 0 bridgehead atoms. The normalized spacial score (nSPS) is 14.3. The first-order valence-electron chi connectivity index (χ1n) is 4.96. The molecule has 0 spiro atoms. The number of benzene rings is 1. The van der Waals surface area contributed by atoms with Gasteiger partial charge in [-0.25, -0.2) is 0 Å². The van der Waals surface area contributed by atoms with Crippen molar-refractivity contribution in [2.45, 2.75) is 20.3 Å². The number of rotatable bonds is 2. The summed E-state index contributed by atoms with van der Waals surface area (Å²) in [4.78, 5) is 0. The summed E-state index contributed by atoms with van der Waals surface area (Å²) in [6.07, 6.45) is 7.93. The number of hydrogen-bond donors (Lipinski definition) is 0. The fourth-order valence-electron chi connectivity index (χ4n) is 1.71. The third-order valence-corrected chi connectivity index (χ3v) is 5.24. The molecule has 0 aromatic heterocycles. The van der Waals surface area contributed by atoms with Crippen LogP contribution in [-0.2, 0) is 19.2 Å². The molecule has 0 atom stereocenters. The Balaban J connectivity index is 2.24. The molecule has 0 saturated carbocycles. The summed E-state index contributed by atoms with van der Waals surface area (Å²) in [5.74, 6) is 0. The fraction of sp³-hybridized carbons (Fsp3) is 0.231. The van der Waals surface area contributed by atoms with Gasteiger partial charge in [0.25, 0.3) is 0 Å². The van der Waals surface area contributed by atoms with Crippen LogP contribution in [0.25, 0.3) is 0 Å². The van der Waals surface area contributed by atoms with E-state index in [1.807, 2.05) is 0 Å². The molecule has 1 aliphatic carbocycles. The zero-order valence-corrected chi connectivity index (χ0v) is 10.2. The molecule has 1 aromatic rings. The van der Waals surface area contributed by atoms with Crippen LogP contribution >= 0.6 is 0 Å². The van der Waals surface area contributed by atoms with Crippen molar-refractivity contribution in [1.29, 1.82) is 0 Å². The van der Waals surface area contributed by atoms with Gasteiger partial charge in [0.2, 0.25) is 0 Å². The number of hydrogen-bond acceptors (Lipinski definition) is 0. The van der Waals surface area contributed by atoms with E-state index >= 15 is 0 Å². The molecule has 1 aliphatic rings. The Bertz CT molecular complexity index is 379. The molecule has 70 valence electrons. The summed E-state index contributed by atoms with van der Waals surface area (Å²) in [6.45, 7) is 4.46.